The molecule has 0 saturated carbocycles. The van der Waals surface area contributed by atoms with Gasteiger partial charge < -0.3 is 9.84 Å². The molecular weight excluding hydrogens is 234 g/mol. The first-order chi connectivity index (χ1) is 8.67. The SMILES string of the molecule is CCOC(=O)c1ccc(N=NN(C)CCO)cc1. The summed E-state index contributed by atoms with van der Waals surface area (Å²) in [6.07, 6.45) is 0. The van der Waals surface area contributed by atoms with E-state index in [0.29, 0.717) is 24.4 Å². The van der Waals surface area contributed by atoms with E-state index < -0.39 is 0 Å². The van der Waals surface area contributed by atoms with E-state index in [-0.39, 0.29) is 12.6 Å². The Morgan fingerprint density at radius 3 is 2.61 bits per heavy atom. The highest BCUT2D eigenvalue weighted by Gasteiger charge is 2.05. The zero-order chi connectivity index (χ0) is 13.4. The van der Waals surface area contributed by atoms with E-state index in [1.807, 2.05) is 0 Å². The molecule has 0 aliphatic carbocycles. The average Bonchev–Trinajstić information content (AvgIpc) is 2.37. The van der Waals surface area contributed by atoms with Crippen LogP contribution in [0.15, 0.2) is 34.6 Å². The molecule has 0 heterocycles. The summed E-state index contributed by atoms with van der Waals surface area (Å²) in [5.41, 5.74) is 1.12. The quantitative estimate of drug-likeness (QED) is 0.475. The number of hydrogen-bond acceptors (Lipinski definition) is 5. The molecule has 0 spiro atoms. The summed E-state index contributed by atoms with van der Waals surface area (Å²) < 4.78 is 4.87. The van der Waals surface area contributed by atoms with Crippen LogP contribution < -0.4 is 0 Å². The number of likely N-dealkylation sites (N-methyl/N-ethyl adjacent to an activating group) is 1. The molecule has 98 valence electrons. The third-order valence-corrected chi connectivity index (χ3v) is 2.11. The molecule has 6 heteroatoms. The molecule has 0 amide bonds. The molecule has 1 aromatic carbocycles. The highest BCUT2D eigenvalue weighted by atomic mass is 16.5. The van der Waals surface area contributed by atoms with E-state index in [0.717, 1.165) is 0 Å². The lowest BCUT2D eigenvalue weighted by Gasteiger charge is -2.07. The molecule has 1 N–H and O–H groups in total. The summed E-state index contributed by atoms with van der Waals surface area (Å²) in [6.45, 7) is 2.56. The summed E-state index contributed by atoms with van der Waals surface area (Å²) in [6, 6.07) is 6.64. The maximum absolute atomic E-state index is 11.4. The number of benzene rings is 1. The Hall–Kier alpha value is -1.95. The van der Waals surface area contributed by atoms with Crippen LogP contribution >= 0.6 is 0 Å². The topological polar surface area (TPSA) is 74.5 Å². The monoisotopic (exact) mass is 251 g/mol. The molecule has 0 aromatic heterocycles. The number of nitrogens with zero attached hydrogens (tertiary/aromatic N) is 3. The lowest BCUT2D eigenvalue weighted by molar-refractivity contribution is 0.0526. The van der Waals surface area contributed by atoms with Gasteiger partial charge in [0.05, 0.1) is 31.0 Å². The van der Waals surface area contributed by atoms with E-state index in [4.69, 9.17) is 9.84 Å². The minimum Gasteiger partial charge on any atom is -0.462 e. The van der Waals surface area contributed by atoms with Gasteiger partial charge in [0, 0.05) is 7.05 Å². The van der Waals surface area contributed by atoms with Crippen LogP contribution in [0.4, 0.5) is 5.69 Å². The molecule has 0 atom stereocenters. The van der Waals surface area contributed by atoms with Crippen molar-refractivity contribution in [3.63, 3.8) is 0 Å². The molecule has 1 aromatic rings. The zero-order valence-electron chi connectivity index (χ0n) is 10.5. The number of carbonyl (C=O) groups excluding carboxylic acids is 1. The Balaban J connectivity index is 2.62. The largest absolute Gasteiger partial charge is 0.462 e. The Morgan fingerprint density at radius 2 is 2.06 bits per heavy atom. The second-order valence-electron chi connectivity index (χ2n) is 3.56. The van der Waals surface area contributed by atoms with Crippen LogP contribution in [0.25, 0.3) is 0 Å². The molecule has 1 rings (SSSR count). The van der Waals surface area contributed by atoms with Gasteiger partial charge in [-0.05, 0) is 31.2 Å². The van der Waals surface area contributed by atoms with Crippen molar-refractivity contribution in [1.82, 2.24) is 5.01 Å². The van der Waals surface area contributed by atoms with Crippen molar-refractivity contribution in [2.45, 2.75) is 6.92 Å². The van der Waals surface area contributed by atoms with Gasteiger partial charge in [0.1, 0.15) is 0 Å². The molecule has 18 heavy (non-hydrogen) atoms. The van der Waals surface area contributed by atoms with Crippen LogP contribution in [-0.4, -0.2) is 42.9 Å². The lowest BCUT2D eigenvalue weighted by atomic mass is 10.2. The number of aliphatic hydroxyl groups is 1. The molecule has 0 saturated heterocycles. The predicted molar refractivity (Wildman–Crippen MR) is 66.6 cm³/mol. The highest BCUT2D eigenvalue weighted by Crippen LogP contribution is 2.14. The fourth-order valence-electron chi connectivity index (χ4n) is 1.20. The normalized spacial score (nSPS) is 10.6. The van der Waals surface area contributed by atoms with Crippen LogP contribution in [0.3, 0.4) is 0 Å². The number of esters is 1. The van der Waals surface area contributed by atoms with Crippen molar-refractivity contribution in [2.24, 2.45) is 10.3 Å². The Morgan fingerprint density at radius 1 is 1.39 bits per heavy atom. The molecule has 6 nitrogen and oxygen atoms in total. The molecular formula is C12H17N3O3. The fourth-order valence-corrected chi connectivity index (χ4v) is 1.20. The van der Waals surface area contributed by atoms with Gasteiger partial charge in [0.15, 0.2) is 0 Å². The van der Waals surface area contributed by atoms with E-state index in [9.17, 15) is 4.79 Å². The first kappa shape index (κ1) is 14.1. The van der Waals surface area contributed by atoms with Gasteiger partial charge in [-0.3, -0.25) is 5.01 Å². The minimum absolute atomic E-state index is 0.0251. The van der Waals surface area contributed by atoms with Crippen molar-refractivity contribution in [3.05, 3.63) is 29.8 Å². The summed E-state index contributed by atoms with van der Waals surface area (Å²) in [5.74, 6) is -0.349. The lowest BCUT2D eigenvalue weighted by Crippen LogP contribution is -2.14. The number of rotatable bonds is 6. The van der Waals surface area contributed by atoms with Crippen molar-refractivity contribution in [2.75, 3.05) is 26.8 Å². The molecule has 0 bridgehead atoms. The number of hydrogen-bond donors (Lipinski definition) is 1. The molecule has 0 fully saturated rings. The maximum Gasteiger partial charge on any atom is 0.338 e. The van der Waals surface area contributed by atoms with Gasteiger partial charge in [-0.2, -0.15) is 0 Å². The third kappa shape index (κ3) is 4.50. The first-order valence-electron chi connectivity index (χ1n) is 5.68. The highest BCUT2D eigenvalue weighted by molar-refractivity contribution is 5.89. The Bertz CT molecular complexity index is 404. The smallest absolute Gasteiger partial charge is 0.338 e. The zero-order valence-corrected chi connectivity index (χ0v) is 10.5. The summed E-state index contributed by atoms with van der Waals surface area (Å²) in [7, 11) is 1.71. The van der Waals surface area contributed by atoms with Crippen LogP contribution in [0.1, 0.15) is 17.3 Å². The average molecular weight is 251 g/mol. The minimum atomic E-state index is -0.349. The van der Waals surface area contributed by atoms with Gasteiger partial charge in [-0.15, -0.1) is 5.11 Å². The first-order valence-corrected chi connectivity index (χ1v) is 5.68. The van der Waals surface area contributed by atoms with Gasteiger partial charge in [0.2, 0.25) is 0 Å². The molecule has 0 aliphatic heterocycles. The molecule has 0 unspecified atom stereocenters. The van der Waals surface area contributed by atoms with Gasteiger partial charge in [0.25, 0.3) is 0 Å². The molecule has 0 aliphatic rings. The summed E-state index contributed by atoms with van der Waals surface area (Å²) >= 11 is 0. The van der Waals surface area contributed by atoms with Gasteiger partial charge in [-0.1, -0.05) is 5.22 Å². The standard InChI is InChI=1S/C12H17N3O3/c1-3-18-12(17)10-4-6-11(7-5-10)13-14-15(2)8-9-16/h4-7,16H,3,8-9H2,1-2H3. The van der Waals surface area contributed by atoms with E-state index in [1.165, 1.54) is 5.01 Å². The number of aliphatic hydroxyl groups excluding tert-OH is 1. The van der Waals surface area contributed by atoms with Gasteiger partial charge in [-0.25, -0.2) is 4.79 Å². The second kappa shape index (κ2) is 7.39. The van der Waals surface area contributed by atoms with Crippen LogP contribution in [-0.2, 0) is 4.74 Å². The number of ether oxygens (including phenoxy) is 1. The van der Waals surface area contributed by atoms with E-state index >= 15 is 0 Å². The Labute approximate surface area is 106 Å². The fraction of sp³-hybridized carbons (Fsp3) is 0.417. The summed E-state index contributed by atoms with van der Waals surface area (Å²) in [4.78, 5) is 11.4. The number of carbonyl (C=O) groups is 1. The molecule has 0 radical (unpaired) electrons. The van der Waals surface area contributed by atoms with Crippen LogP contribution in [0, 0.1) is 0 Å². The van der Waals surface area contributed by atoms with Crippen molar-refractivity contribution >= 4 is 11.7 Å². The van der Waals surface area contributed by atoms with Crippen molar-refractivity contribution in [3.8, 4) is 0 Å². The van der Waals surface area contributed by atoms with Crippen molar-refractivity contribution < 1.29 is 14.6 Å². The van der Waals surface area contributed by atoms with Crippen molar-refractivity contribution in [1.29, 1.82) is 0 Å². The Kier molecular flexibility index (Phi) is 5.79. The van der Waals surface area contributed by atoms with Crippen LogP contribution in [0.2, 0.25) is 0 Å². The van der Waals surface area contributed by atoms with E-state index in [2.05, 4.69) is 10.3 Å². The van der Waals surface area contributed by atoms with E-state index in [1.54, 1.807) is 38.2 Å². The van der Waals surface area contributed by atoms with Crippen LogP contribution in [0.5, 0.6) is 0 Å². The third-order valence-electron chi connectivity index (χ3n) is 2.11. The summed E-state index contributed by atoms with van der Waals surface area (Å²) in [5, 5.41) is 18.1. The maximum atomic E-state index is 11.4. The second-order valence-corrected chi connectivity index (χ2v) is 3.56. The predicted octanol–water partition coefficient (Wildman–Crippen LogP) is 1.79. The van der Waals surface area contributed by atoms with Gasteiger partial charge >= 0.3 is 5.97 Å².